The first-order valence-electron chi connectivity index (χ1n) is 7.72. The molecule has 22 heavy (non-hydrogen) atoms. The maximum Gasteiger partial charge on any atom is 0.386 e. The molecule has 0 saturated heterocycles. The lowest BCUT2D eigenvalue weighted by atomic mass is 9.83. The number of hydrogen-bond acceptors (Lipinski definition) is 3. The van der Waals surface area contributed by atoms with Crippen molar-refractivity contribution in [2.24, 2.45) is 5.73 Å². The van der Waals surface area contributed by atoms with Crippen LogP contribution in [0.4, 0.5) is 13.2 Å². The summed E-state index contributed by atoms with van der Waals surface area (Å²) in [6, 6.07) is 0. The van der Waals surface area contributed by atoms with Gasteiger partial charge in [-0.05, 0) is 32.9 Å². The van der Waals surface area contributed by atoms with E-state index in [9.17, 15) is 13.2 Å². The van der Waals surface area contributed by atoms with Gasteiger partial charge in [0, 0.05) is 19.5 Å². The minimum Gasteiger partial charge on any atom is -0.362 e. The van der Waals surface area contributed by atoms with Crippen molar-refractivity contribution in [3.05, 3.63) is 0 Å². The Morgan fingerprint density at radius 2 is 1.50 bits per heavy atom. The maximum atomic E-state index is 10.4. The first-order valence-corrected chi connectivity index (χ1v) is 7.72. The van der Waals surface area contributed by atoms with Crippen LogP contribution in [-0.4, -0.2) is 38.3 Å². The molecule has 4 nitrogen and oxygen atoms in total. The van der Waals surface area contributed by atoms with Gasteiger partial charge in [0.25, 0.3) is 0 Å². The second-order valence-electron chi connectivity index (χ2n) is 5.25. The number of halogens is 3. The van der Waals surface area contributed by atoms with Crippen molar-refractivity contribution in [3.63, 3.8) is 0 Å². The second-order valence-corrected chi connectivity index (χ2v) is 5.25. The van der Waals surface area contributed by atoms with Crippen molar-refractivity contribution < 1.29 is 18.0 Å². The van der Waals surface area contributed by atoms with E-state index >= 15 is 0 Å². The van der Waals surface area contributed by atoms with E-state index in [2.05, 4.69) is 24.5 Å². The second kappa shape index (κ2) is 16.5. The summed E-state index contributed by atoms with van der Waals surface area (Å²) in [5, 5.41) is 5.81. The normalized spacial score (nSPS) is 15.7. The molecule has 0 aromatic heterocycles. The van der Waals surface area contributed by atoms with Gasteiger partial charge in [0.15, 0.2) is 0 Å². The molecule has 1 rings (SSSR count). The largest absolute Gasteiger partial charge is 0.386 e. The highest BCUT2D eigenvalue weighted by Crippen LogP contribution is 2.26. The summed E-state index contributed by atoms with van der Waals surface area (Å²) in [7, 11) is 1.56. The third kappa shape index (κ3) is 31.5. The summed E-state index contributed by atoms with van der Waals surface area (Å²) in [4.78, 5) is 9.06. The van der Waals surface area contributed by atoms with E-state index in [1.807, 2.05) is 6.92 Å². The number of nitrogens with one attached hydrogen (secondary N) is 2. The molecule has 1 fully saturated rings. The highest BCUT2D eigenvalue weighted by Gasteiger charge is 2.24. The monoisotopic (exact) mass is 329 g/mol. The van der Waals surface area contributed by atoms with Crippen molar-refractivity contribution in [1.29, 1.82) is 0 Å². The molecule has 0 heterocycles. The molecule has 0 bridgehead atoms. The minimum absolute atomic E-state index is 0.188. The number of rotatable bonds is 3. The van der Waals surface area contributed by atoms with E-state index in [4.69, 9.17) is 10.5 Å². The number of alkyl halides is 3. The Balaban J connectivity index is -0.000000255. The highest BCUT2D eigenvalue weighted by atomic mass is 19.4. The molecular weight excluding hydrogens is 295 g/mol. The fraction of sp³-hybridized carbons (Fsp3) is 0.933. The summed E-state index contributed by atoms with van der Waals surface area (Å²) in [6.45, 7) is 8.51. The van der Waals surface area contributed by atoms with Crippen LogP contribution in [0.3, 0.4) is 0 Å². The Morgan fingerprint density at radius 1 is 1.18 bits per heavy atom. The van der Waals surface area contributed by atoms with Gasteiger partial charge >= 0.3 is 6.18 Å². The first kappa shape index (κ1) is 26.1. The number of amides is 1. The van der Waals surface area contributed by atoms with Gasteiger partial charge in [-0.2, -0.15) is 13.2 Å². The number of carbonyl (C=O) groups is 1. The molecule has 0 aromatic rings. The minimum atomic E-state index is -4.00. The Morgan fingerprint density at radius 3 is 1.73 bits per heavy atom. The Hall–Kier alpha value is -0.820. The zero-order valence-electron chi connectivity index (χ0n) is 14.6. The zero-order chi connectivity index (χ0) is 18.1. The highest BCUT2D eigenvalue weighted by molar-refractivity contribution is 5.44. The molecule has 1 aliphatic rings. The molecule has 1 saturated carbocycles. The smallest absolute Gasteiger partial charge is 0.362 e. The lowest BCUT2D eigenvalue weighted by Crippen LogP contribution is -2.43. The summed E-state index contributed by atoms with van der Waals surface area (Å²) in [5.41, 5.74) is 5.33. The average molecular weight is 329 g/mol. The van der Waals surface area contributed by atoms with Crippen LogP contribution in [0.2, 0.25) is 0 Å². The molecule has 0 aromatic carbocycles. The summed E-state index contributed by atoms with van der Waals surface area (Å²) < 4.78 is 31.1. The fourth-order valence-corrected chi connectivity index (χ4v) is 1.94. The summed E-state index contributed by atoms with van der Waals surface area (Å²) in [5.74, 6) is 0. The molecule has 4 N–H and O–H groups in total. The van der Waals surface area contributed by atoms with Gasteiger partial charge in [-0.1, -0.05) is 33.1 Å². The zero-order valence-corrected chi connectivity index (χ0v) is 14.6. The number of hydrogen-bond donors (Lipinski definition) is 3. The van der Waals surface area contributed by atoms with Crippen LogP contribution in [0.5, 0.6) is 0 Å². The topological polar surface area (TPSA) is 67.2 Å². The molecular formula is C15H34F3N3O. The predicted molar refractivity (Wildman–Crippen MR) is 86.7 cm³/mol. The van der Waals surface area contributed by atoms with Gasteiger partial charge in [0.1, 0.15) is 0 Å². The van der Waals surface area contributed by atoms with Crippen LogP contribution in [0.25, 0.3) is 0 Å². The van der Waals surface area contributed by atoms with Crippen molar-refractivity contribution in [1.82, 2.24) is 10.6 Å². The van der Waals surface area contributed by atoms with Crippen LogP contribution in [-0.2, 0) is 4.79 Å². The number of carbonyl (C=O) groups excluding carboxylic acids is 1. The van der Waals surface area contributed by atoms with Gasteiger partial charge < -0.3 is 16.4 Å². The SMILES string of the molecule is CC(F)(F)F.CCN.CCNC1(C)CCCCC1.CNC=O. The third-order valence-electron chi connectivity index (χ3n) is 2.68. The van der Waals surface area contributed by atoms with Gasteiger partial charge in [0.2, 0.25) is 6.41 Å². The van der Waals surface area contributed by atoms with Crippen molar-refractivity contribution in [2.45, 2.75) is 71.5 Å². The Labute approximate surface area is 133 Å². The standard InChI is InChI=1S/C9H19N.C2H3F3.C2H5NO.C2H7N/c1-3-10-9(2)7-5-4-6-8-9;1-2(3,4)5;1-3-2-4;1-2-3/h10H,3-8H2,1-2H3;1H3;2H,1H3,(H,3,4);2-3H2,1H3. The van der Waals surface area contributed by atoms with Crippen molar-refractivity contribution >= 4 is 6.41 Å². The van der Waals surface area contributed by atoms with Crippen LogP contribution in [0.15, 0.2) is 0 Å². The van der Waals surface area contributed by atoms with E-state index in [1.54, 1.807) is 7.05 Å². The van der Waals surface area contributed by atoms with E-state index in [-0.39, 0.29) is 6.92 Å². The van der Waals surface area contributed by atoms with Crippen molar-refractivity contribution in [2.75, 3.05) is 20.1 Å². The van der Waals surface area contributed by atoms with Crippen LogP contribution in [0, 0.1) is 0 Å². The maximum absolute atomic E-state index is 10.4. The van der Waals surface area contributed by atoms with Gasteiger partial charge in [-0.25, -0.2) is 0 Å². The van der Waals surface area contributed by atoms with Gasteiger partial charge in [-0.15, -0.1) is 0 Å². The summed E-state index contributed by atoms with van der Waals surface area (Å²) in [6.07, 6.45) is 3.66. The predicted octanol–water partition coefficient (Wildman–Crippen LogP) is 3.21. The van der Waals surface area contributed by atoms with Gasteiger partial charge in [-0.3, -0.25) is 4.79 Å². The van der Waals surface area contributed by atoms with Crippen LogP contribution in [0.1, 0.15) is 59.8 Å². The van der Waals surface area contributed by atoms with Crippen LogP contribution < -0.4 is 16.4 Å². The van der Waals surface area contributed by atoms with Crippen LogP contribution >= 0.6 is 0 Å². The van der Waals surface area contributed by atoms with E-state index < -0.39 is 6.18 Å². The molecule has 0 radical (unpaired) electrons. The molecule has 1 aliphatic carbocycles. The molecule has 0 spiro atoms. The average Bonchev–Trinajstić information content (AvgIpc) is 2.39. The lowest BCUT2D eigenvalue weighted by Gasteiger charge is -2.34. The van der Waals surface area contributed by atoms with E-state index in [0.717, 1.165) is 13.1 Å². The summed E-state index contributed by atoms with van der Waals surface area (Å²) >= 11 is 0. The number of nitrogens with two attached hydrogens (primary N) is 1. The molecule has 0 atom stereocenters. The molecule has 0 aliphatic heterocycles. The first-order chi connectivity index (χ1) is 10.1. The quantitative estimate of drug-likeness (QED) is 0.697. The van der Waals surface area contributed by atoms with Crippen molar-refractivity contribution in [3.8, 4) is 0 Å². The lowest BCUT2D eigenvalue weighted by molar-refractivity contribution is -0.110. The Kier molecular flexibility index (Phi) is 19.6. The third-order valence-corrected chi connectivity index (χ3v) is 2.68. The molecule has 0 unspecified atom stereocenters. The molecule has 136 valence electrons. The fourth-order valence-electron chi connectivity index (χ4n) is 1.94. The van der Waals surface area contributed by atoms with Gasteiger partial charge in [0.05, 0.1) is 0 Å². The molecule has 7 heteroatoms. The Bertz CT molecular complexity index is 219. The van der Waals surface area contributed by atoms with E-state index in [0.29, 0.717) is 11.9 Å². The van der Waals surface area contributed by atoms with E-state index in [1.165, 1.54) is 32.1 Å². The molecule has 1 amide bonds.